The number of imidazole rings is 1. The second-order valence-electron chi connectivity index (χ2n) is 3.56. The highest BCUT2D eigenvalue weighted by Gasteiger charge is 2.14. The zero-order valence-electron chi connectivity index (χ0n) is 9.04. The number of nitrogens with zero attached hydrogens (tertiary/aromatic N) is 2. The van der Waals surface area contributed by atoms with Crippen LogP contribution in [0.25, 0.3) is 11.3 Å². The summed E-state index contributed by atoms with van der Waals surface area (Å²) >= 11 is 9.13. The second kappa shape index (κ2) is 4.76. The number of aromatic nitrogens is 2. The Hall–Kier alpha value is -0.910. The lowest BCUT2D eigenvalue weighted by molar-refractivity contribution is 0.628. The van der Waals surface area contributed by atoms with Gasteiger partial charge in [-0.3, -0.25) is 0 Å². The molecule has 2 aromatic rings. The normalized spacial score (nSPS) is 10.9. The lowest BCUT2D eigenvalue weighted by atomic mass is 10.1. The molecule has 0 saturated heterocycles. The van der Waals surface area contributed by atoms with E-state index in [1.165, 1.54) is 6.07 Å². The van der Waals surface area contributed by atoms with Crippen LogP contribution in [0.1, 0.15) is 5.82 Å². The van der Waals surface area contributed by atoms with E-state index < -0.39 is 5.82 Å². The van der Waals surface area contributed by atoms with E-state index in [4.69, 9.17) is 17.3 Å². The average Bonchev–Trinajstić information content (AvgIpc) is 2.58. The molecular formula is C11H10BrClFN3. The summed E-state index contributed by atoms with van der Waals surface area (Å²) in [6, 6.07) is 4.56. The Morgan fingerprint density at radius 3 is 2.76 bits per heavy atom. The molecule has 2 N–H and O–H groups in total. The van der Waals surface area contributed by atoms with Gasteiger partial charge < -0.3 is 10.3 Å². The molecule has 90 valence electrons. The number of benzene rings is 1. The molecule has 0 bridgehead atoms. The second-order valence-corrected chi connectivity index (χ2v) is 4.72. The van der Waals surface area contributed by atoms with Crippen LogP contribution in [-0.2, 0) is 13.6 Å². The van der Waals surface area contributed by atoms with Crippen LogP contribution in [0.2, 0.25) is 5.02 Å². The molecule has 2 rings (SSSR count). The first-order chi connectivity index (χ1) is 8.04. The fourth-order valence-corrected chi connectivity index (χ4v) is 2.53. The van der Waals surface area contributed by atoms with Crippen molar-refractivity contribution in [1.29, 1.82) is 0 Å². The Kier molecular flexibility index (Phi) is 3.51. The van der Waals surface area contributed by atoms with Crippen molar-refractivity contribution in [2.45, 2.75) is 6.54 Å². The van der Waals surface area contributed by atoms with Crippen LogP contribution in [0.4, 0.5) is 4.39 Å². The SMILES string of the molecule is Cn1c(CN)nc(Br)c1-c1ccc(F)c(Cl)c1. The molecule has 0 fully saturated rings. The Morgan fingerprint density at radius 1 is 1.53 bits per heavy atom. The van der Waals surface area contributed by atoms with Crippen LogP contribution in [0.5, 0.6) is 0 Å². The van der Waals surface area contributed by atoms with Gasteiger partial charge in [0.2, 0.25) is 0 Å². The summed E-state index contributed by atoms with van der Waals surface area (Å²) in [5.41, 5.74) is 7.19. The van der Waals surface area contributed by atoms with Gasteiger partial charge in [0.25, 0.3) is 0 Å². The summed E-state index contributed by atoms with van der Waals surface area (Å²) < 4.78 is 15.6. The summed E-state index contributed by atoms with van der Waals surface area (Å²) in [7, 11) is 1.85. The maximum Gasteiger partial charge on any atom is 0.141 e. The summed E-state index contributed by atoms with van der Waals surface area (Å²) in [6.07, 6.45) is 0. The fourth-order valence-electron chi connectivity index (χ4n) is 1.65. The van der Waals surface area contributed by atoms with Crippen molar-refractivity contribution >= 4 is 27.5 Å². The van der Waals surface area contributed by atoms with Crippen molar-refractivity contribution in [1.82, 2.24) is 9.55 Å². The van der Waals surface area contributed by atoms with Crippen LogP contribution < -0.4 is 5.73 Å². The lowest BCUT2D eigenvalue weighted by Gasteiger charge is -2.06. The van der Waals surface area contributed by atoms with Gasteiger partial charge in [-0.05, 0) is 34.1 Å². The Balaban J connectivity index is 2.60. The average molecular weight is 319 g/mol. The molecule has 0 aliphatic rings. The summed E-state index contributed by atoms with van der Waals surface area (Å²) in [6.45, 7) is 0.337. The van der Waals surface area contributed by atoms with Crippen molar-refractivity contribution in [3.63, 3.8) is 0 Å². The topological polar surface area (TPSA) is 43.8 Å². The predicted octanol–water partition coefficient (Wildman–Crippen LogP) is 3.10. The van der Waals surface area contributed by atoms with Gasteiger partial charge in [-0.1, -0.05) is 11.6 Å². The first-order valence-corrected chi connectivity index (χ1v) is 6.08. The van der Waals surface area contributed by atoms with E-state index >= 15 is 0 Å². The van der Waals surface area contributed by atoms with Crippen molar-refractivity contribution in [2.24, 2.45) is 12.8 Å². The van der Waals surface area contributed by atoms with E-state index in [1.54, 1.807) is 12.1 Å². The van der Waals surface area contributed by atoms with Crippen LogP contribution >= 0.6 is 27.5 Å². The van der Waals surface area contributed by atoms with E-state index in [1.807, 2.05) is 11.6 Å². The van der Waals surface area contributed by atoms with Crippen molar-refractivity contribution in [2.75, 3.05) is 0 Å². The zero-order valence-corrected chi connectivity index (χ0v) is 11.4. The summed E-state index contributed by atoms with van der Waals surface area (Å²) in [4.78, 5) is 4.27. The molecule has 0 radical (unpaired) electrons. The first-order valence-electron chi connectivity index (χ1n) is 4.91. The van der Waals surface area contributed by atoms with Crippen LogP contribution in [-0.4, -0.2) is 9.55 Å². The van der Waals surface area contributed by atoms with Crippen molar-refractivity contribution in [3.8, 4) is 11.3 Å². The summed E-state index contributed by atoms with van der Waals surface area (Å²) in [5, 5.41) is 0.0879. The minimum Gasteiger partial charge on any atom is -0.329 e. The molecule has 0 amide bonds. The first kappa shape index (κ1) is 12.5. The quantitative estimate of drug-likeness (QED) is 0.924. The molecule has 0 aliphatic carbocycles. The summed E-state index contributed by atoms with van der Waals surface area (Å²) in [5.74, 6) is 0.306. The van der Waals surface area contributed by atoms with Gasteiger partial charge in [-0.2, -0.15) is 0 Å². The fraction of sp³-hybridized carbons (Fsp3) is 0.182. The lowest BCUT2D eigenvalue weighted by Crippen LogP contribution is -2.05. The molecule has 0 unspecified atom stereocenters. The minimum absolute atomic E-state index is 0.0879. The number of nitrogens with two attached hydrogens (primary N) is 1. The van der Waals surface area contributed by atoms with Gasteiger partial charge >= 0.3 is 0 Å². The predicted molar refractivity (Wildman–Crippen MR) is 69.2 cm³/mol. The smallest absolute Gasteiger partial charge is 0.141 e. The van der Waals surface area contributed by atoms with Gasteiger partial charge in [-0.25, -0.2) is 9.37 Å². The Morgan fingerprint density at radius 2 is 2.24 bits per heavy atom. The molecule has 0 aliphatic heterocycles. The molecule has 1 aromatic heterocycles. The maximum absolute atomic E-state index is 13.1. The number of hydrogen-bond donors (Lipinski definition) is 1. The van der Waals surface area contributed by atoms with Crippen molar-refractivity contribution in [3.05, 3.63) is 39.5 Å². The maximum atomic E-state index is 13.1. The molecule has 17 heavy (non-hydrogen) atoms. The van der Waals surface area contributed by atoms with E-state index in [0.29, 0.717) is 11.1 Å². The number of hydrogen-bond acceptors (Lipinski definition) is 2. The minimum atomic E-state index is -0.437. The third kappa shape index (κ3) is 2.22. The molecule has 1 aromatic carbocycles. The van der Waals surface area contributed by atoms with Gasteiger partial charge in [0.05, 0.1) is 17.3 Å². The van der Waals surface area contributed by atoms with E-state index in [9.17, 15) is 4.39 Å². The van der Waals surface area contributed by atoms with Gasteiger partial charge in [0.1, 0.15) is 16.2 Å². The van der Waals surface area contributed by atoms with Gasteiger partial charge in [0, 0.05) is 12.6 Å². The number of halogens is 3. The molecule has 0 atom stereocenters. The number of rotatable bonds is 2. The molecule has 0 spiro atoms. The molecule has 1 heterocycles. The highest BCUT2D eigenvalue weighted by atomic mass is 79.9. The highest BCUT2D eigenvalue weighted by Crippen LogP contribution is 2.30. The molecule has 0 saturated carbocycles. The Labute approximate surface area is 112 Å². The molecule has 3 nitrogen and oxygen atoms in total. The van der Waals surface area contributed by atoms with Crippen LogP contribution in [0.3, 0.4) is 0 Å². The van der Waals surface area contributed by atoms with E-state index in [-0.39, 0.29) is 5.02 Å². The van der Waals surface area contributed by atoms with Crippen molar-refractivity contribution < 1.29 is 4.39 Å². The van der Waals surface area contributed by atoms with Gasteiger partial charge in [0.15, 0.2) is 0 Å². The standard InChI is InChI=1S/C11H10BrClFN3/c1-17-9(5-15)16-11(12)10(17)6-2-3-8(14)7(13)4-6/h2-4H,5,15H2,1H3. The monoisotopic (exact) mass is 317 g/mol. The third-order valence-electron chi connectivity index (χ3n) is 2.52. The molecule has 6 heteroatoms. The van der Waals surface area contributed by atoms with Crippen LogP contribution in [0, 0.1) is 5.82 Å². The Bertz CT molecular complexity index is 568. The third-order valence-corrected chi connectivity index (χ3v) is 3.36. The van der Waals surface area contributed by atoms with E-state index in [2.05, 4.69) is 20.9 Å². The van der Waals surface area contributed by atoms with Crippen LogP contribution in [0.15, 0.2) is 22.8 Å². The highest BCUT2D eigenvalue weighted by molar-refractivity contribution is 9.10. The van der Waals surface area contributed by atoms with Gasteiger partial charge in [-0.15, -0.1) is 0 Å². The largest absolute Gasteiger partial charge is 0.329 e. The zero-order chi connectivity index (χ0) is 12.6. The molecular weight excluding hydrogens is 308 g/mol. The van der Waals surface area contributed by atoms with E-state index in [0.717, 1.165) is 17.1 Å².